The second kappa shape index (κ2) is 10.6. The normalized spacial score (nSPS) is 12.7. The summed E-state index contributed by atoms with van der Waals surface area (Å²) in [6, 6.07) is 61.0. The van der Waals surface area contributed by atoms with Crippen LogP contribution in [0.3, 0.4) is 0 Å². The topological polar surface area (TPSA) is 3.24 Å². The number of benzene rings is 7. The van der Waals surface area contributed by atoms with Crippen LogP contribution in [-0.2, 0) is 0 Å². The minimum absolute atomic E-state index is 1.13. The van der Waals surface area contributed by atoms with Crippen molar-refractivity contribution in [2.75, 3.05) is 4.90 Å². The second-order valence-electron chi connectivity index (χ2n) is 11.0. The molecule has 1 nitrogen and oxygen atoms in total. The fourth-order valence-corrected chi connectivity index (χ4v) is 6.38. The fraction of sp³-hybridized carbons (Fsp3) is 0. The number of hydrogen-bond donors (Lipinski definition) is 0. The molecule has 0 aliphatic heterocycles. The van der Waals surface area contributed by atoms with Crippen LogP contribution in [0.4, 0.5) is 17.1 Å². The Morgan fingerprint density at radius 1 is 0.395 bits per heavy atom. The van der Waals surface area contributed by atoms with Crippen molar-refractivity contribution in [1.82, 2.24) is 0 Å². The number of nitrogens with zero attached hydrogens (tertiary/aromatic N) is 1. The summed E-state index contributed by atoms with van der Waals surface area (Å²) < 4.78 is 0. The molecular formula is C42H29N. The van der Waals surface area contributed by atoms with E-state index in [2.05, 4.69) is 181 Å². The number of anilines is 3. The van der Waals surface area contributed by atoms with Gasteiger partial charge in [-0.1, -0.05) is 133 Å². The molecule has 43 heavy (non-hydrogen) atoms. The number of para-hydroxylation sites is 1. The molecular weight excluding hydrogens is 518 g/mol. The number of fused-ring (bicyclic) bond motifs is 4. The van der Waals surface area contributed by atoms with Gasteiger partial charge in [0.1, 0.15) is 0 Å². The van der Waals surface area contributed by atoms with Gasteiger partial charge in [-0.05, 0) is 92.4 Å². The van der Waals surface area contributed by atoms with Crippen LogP contribution in [0.15, 0.2) is 170 Å². The van der Waals surface area contributed by atoms with E-state index < -0.39 is 0 Å². The molecule has 1 heteroatoms. The molecule has 0 atom stereocenters. The van der Waals surface area contributed by atoms with Crippen LogP contribution in [0.1, 0.15) is 16.7 Å². The molecule has 0 unspecified atom stereocenters. The summed E-state index contributed by atoms with van der Waals surface area (Å²) in [4.78, 5) is 2.37. The van der Waals surface area contributed by atoms with E-state index in [1.54, 1.807) is 0 Å². The Kier molecular flexibility index (Phi) is 6.20. The van der Waals surface area contributed by atoms with E-state index in [-0.39, 0.29) is 0 Å². The smallest absolute Gasteiger partial charge is 0.0540 e. The molecule has 1 aliphatic rings. The van der Waals surface area contributed by atoms with Gasteiger partial charge >= 0.3 is 0 Å². The van der Waals surface area contributed by atoms with Gasteiger partial charge in [-0.15, -0.1) is 0 Å². The maximum absolute atomic E-state index is 2.37. The van der Waals surface area contributed by atoms with Crippen LogP contribution in [-0.4, -0.2) is 0 Å². The van der Waals surface area contributed by atoms with Gasteiger partial charge < -0.3 is 4.90 Å². The quantitative estimate of drug-likeness (QED) is 0.207. The van der Waals surface area contributed by atoms with Crippen molar-refractivity contribution in [1.29, 1.82) is 0 Å². The van der Waals surface area contributed by atoms with Gasteiger partial charge in [0.15, 0.2) is 0 Å². The Morgan fingerprint density at radius 3 is 1.88 bits per heavy atom. The average Bonchev–Trinajstić information content (AvgIpc) is 3.39. The molecule has 0 bridgehead atoms. The number of rotatable bonds is 5. The van der Waals surface area contributed by atoms with Gasteiger partial charge in [0, 0.05) is 16.8 Å². The van der Waals surface area contributed by atoms with Gasteiger partial charge in [0.25, 0.3) is 0 Å². The highest BCUT2D eigenvalue weighted by Crippen LogP contribution is 2.47. The van der Waals surface area contributed by atoms with Crippen LogP contribution in [0.25, 0.3) is 44.7 Å². The fourth-order valence-electron chi connectivity index (χ4n) is 6.38. The zero-order valence-electron chi connectivity index (χ0n) is 23.7. The van der Waals surface area contributed by atoms with E-state index in [4.69, 9.17) is 0 Å². The highest BCUT2D eigenvalue weighted by molar-refractivity contribution is 6.07. The van der Waals surface area contributed by atoms with E-state index in [9.17, 15) is 0 Å². The molecule has 0 spiro atoms. The van der Waals surface area contributed by atoms with Gasteiger partial charge in [0.2, 0.25) is 0 Å². The van der Waals surface area contributed by atoms with Crippen LogP contribution in [0, 0.1) is 0 Å². The third-order valence-corrected chi connectivity index (χ3v) is 8.39. The first-order valence-electron chi connectivity index (χ1n) is 14.8. The second-order valence-corrected chi connectivity index (χ2v) is 11.0. The van der Waals surface area contributed by atoms with Gasteiger partial charge in [-0.2, -0.15) is 0 Å². The first kappa shape index (κ1) is 25.1. The molecule has 0 N–H and O–H groups in total. The van der Waals surface area contributed by atoms with E-state index in [1.807, 2.05) is 0 Å². The third kappa shape index (κ3) is 4.52. The Morgan fingerprint density at radius 2 is 1.02 bits per heavy atom. The van der Waals surface area contributed by atoms with E-state index >= 15 is 0 Å². The van der Waals surface area contributed by atoms with E-state index in [0.717, 1.165) is 11.4 Å². The summed E-state index contributed by atoms with van der Waals surface area (Å²) in [6.45, 7) is 0. The van der Waals surface area contributed by atoms with Crippen molar-refractivity contribution in [3.63, 3.8) is 0 Å². The highest BCUT2D eigenvalue weighted by atomic mass is 15.1. The standard InChI is InChI=1S/C42H29N/c1-3-13-30(14-4-1)27-40-38-23-10-9-22-37(38)39-26-25-33(29-41(39)40)32-17-11-20-35(28-32)43(34-18-5-2-6-19-34)42-24-12-16-31-15-7-8-21-36(31)42/h1-29H/b40-27-. The minimum Gasteiger partial charge on any atom is -0.310 e. The zero-order valence-corrected chi connectivity index (χ0v) is 23.7. The predicted octanol–water partition coefficient (Wildman–Crippen LogP) is 11.5. The first-order chi connectivity index (χ1) is 21.3. The lowest BCUT2D eigenvalue weighted by Crippen LogP contribution is -2.10. The molecule has 202 valence electrons. The molecule has 8 rings (SSSR count). The van der Waals surface area contributed by atoms with Crippen LogP contribution in [0.2, 0.25) is 0 Å². The van der Waals surface area contributed by atoms with Gasteiger partial charge in [-0.3, -0.25) is 0 Å². The summed E-state index contributed by atoms with van der Waals surface area (Å²) in [7, 11) is 0. The van der Waals surface area contributed by atoms with Gasteiger partial charge in [-0.25, -0.2) is 0 Å². The van der Waals surface area contributed by atoms with E-state index in [0.29, 0.717) is 0 Å². The molecule has 0 heterocycles. The molecule has 0 saturated carbocycles. The Labute approximate surface area is 252 Å². The summed E-state index contributed by atoms with van der Waals surface area (Å²) in [6.07, 6.45) is 2.32. The monoisotopic (exact) mass is 547 g/mol. The van der Waals surface area contributed by atoms with Crippen molar-refractivity contribution in [2.24, 2.45) is 0 Å². The maximum atomic E-state index is 2.37. The number of hydrogen-bond acceptors (Lipinski definition) is 1. The molecule has 0 fully saturated rings. The lowest BCUT2D eigenvalue weighted by Gasteiger charge is -2.27. The van der Waals surface area contributed by atoms with Crippen LogP contribution < -0.4 is 4.90 Å². The Balaban J connectivity index is 1.27. The first-order valence-corrected chi connectivity index (χ1v) is 14.8. The summed E-state index contributed by atoms with van der Waals surface area (Å²) in [5, 5.41) is 2.46. The Hall–Kier alpha value is -5.66. The van der Waals surface area contributed by atoms with Crippen LogP contribution >= 0.6 is 0 Å². The minimum atomic E-state index is 1.13. The van der Waals surface area contributed by atoms with Crippen molar-refractivity contribution < 1.29 is 0 Å². The zero-order chi connectivity index (χ0) is 28.6. The lowest BCUT2D eigenvalue weighted by atomic mass is 9.96. The predicted molar refractivity (Wildman–Crippen MR) is 183 cm³/mol. The highest BCUT2D eigenvalue weighted by Gasteiger charge is 2.24. The average molecular weight is 548 g/mol. The van der Waals surface area contributed by atoms with Crippen LogP contribution in [0.5, 0.6) is 0 Å². The maximum Gasteiger partial charge on any atom is 0.0540 e. The van der Waals surface area contributed by atoms with Crippen molar-refractivity contribution in [3.05, 3.63) is 187 Å². The SMILES string of the molecule is C(=C1\c2ccccc2-c2ccc(-c3cccc(N(c4ccccc4)c4cccc5ccccc45)c3)cc21)/c1ccccc1. The molecule has 7 aromatic carbocycles. The Bertz CT molecular complexity index is 2120. The van der Waals surface area contributed by atoms with Crippen molar-refractivity contribution in [2.45, 2.75) is 0 Å². The summed E-state index contributed by atoms with van der Waals surface area (Å²) in [5.41, 5.74) is 13.5. The largest absolute Gasteiger partial charge is 0.310 e. The summed E-state index contributed by atoms with van der Waals surface area (Å²) in [5.74, 6) is 0. The molecule has 0 amide bonds. The van der Waals surface area contributed by atoms with Crippen molar-refractivity contribution >= 4 is 39.5 Å². The molecule has 0 aromatic heterocycles. The third-order valence-electron chi connectivity index (χ3n) is 8.39. The van der Waals surface area contributed by atoms with Gasteiger partial charge in [0.05, 0.1) is 5.69 Å². The lowest BCUT2D eigenvalue weighted by molar-refractivity contribution is 1.30. The van der Waals surface area contributed by atoms with E-state index in [1.165, 1.54) is 61.0 Å². The molecule has 0 radical (unpaired) electrons. The molecule has 7 aromatic rings. The summed E-state index contributed by atoms with van der Waals surface area (Å²) >= 11 is 0. The van der Waals surface area contributed by atoms with Crippen molar-refractivity contribution in [3.8, 4) is 22.3 Å². The molecule has 0 saturated heterocycles. The molecule has 1 aliphatic carbocycles.